The van der Waals surface area contributed by atoms with Crippen molar-refractivity contribution < 1.29 is 4.79 Å². The Labute approximate surface area is 103 Å². The maximum atomic E-state index is 11.8. The molecule has 0 aliphatic heterocycles. The fourth-order valence-corrected chi connectivity index (χ4v) is 1.42. The van der Waals surface area contributed by atoms with Gasteiger partial charge in [0, 0.05) is 6.54 Å². The molecular weight excluding hydrogens is 212 g/mol. The Balaban J connectivity index is 2.48. The van der Waals surface area contributed by atoms with Crippen molar-refractivity contribution in [1.82, 2.24) is 5.32 Å². The van der Waals surface area contributed by atoms with Crippen LogP contribution in [0.1, 0.15) is 32.4 Å². The highest BCUT2D eigenvalue weighted by atomic mass is 16.2. The van der Waals surface area contributed by atoms with E-state index in [1.807, 2.05) is 30.3 Å². The lowest BCUT2D eigenvalue weighted by atomic mass is 9.98. The van der Waals surface area contributed by atoms with Crippen LogP contribution in [0.25, 0.3) is 0 Å². The Morgan fingerprint density at radius 3 is 2.35 bits per heavy atom. The van der Waals surface area contributed by atoms with E-state index >= 15 is 0 Å². The molecular formula is C14H22N2O. The average molecular weight is 234 g/mol. The van der Waals surface area contributed by atoms with Gasteiger partial charge in [0.15, 0.2) is 0 Å². The van der Waals surface area contributed by atoms with Crippen LogP contribution >= 0.6 is 0 Å². The molecule has 1 unspecified atom stereocenters. The molecule has 0 aromatic heterocycles. The van der Waals surface area contributed by atoms with Crippen LogP contribution in [0.5, 0.6) is 0 Å². The summed E-state index contributed by atoms with van der Waals surface area (Å²) in [6, 6.07) is 8.86. The minimum absolute atomic E-state index is 0.108. The molecule has 3 nitrogen and oxygen atoms in total. The third-order valence-corrected chi connectivity index (χ3v) is 3.18. The van der Waals surface area contributed by atoms with E-state index in [1.54, 1.807) is 0 Å². The molecule has 0 radical (unpaired) electrons. The number of nitrogens with one attached hydrogen (secondary N) is 1. The van der Waals surface area contributed by atoms with Crippen LogP contribution in [-0.2, 0) is 4.79 Å². The predicted octanol–water partition coefficient (Wildman–Crippen LogP) is 2.09. The Morgan fingerprint density at radius 1 is 1.24 bits per heavy atom. The third-order valence-electron chi connectivity index (χ3n) is 3.18. The van der Waals surface area contributed by atoms with Gasteiger partial charge in [-0.1, -0.05) is 51.1 Å². The van der Waals surface area contributed by atoms with E-state index in [2.05, 4.69) is 26.1 Å². The van der Waals surface area contributed by atoms with Gasteiger partial charge in [-0.3, -0.25) is 4.79 Å². The number of amides is 1. The van der Waals surface area contributed by atoms with E-state index in [4.69, 9.17) is 5.73 Å². The van der Waals surface area contributed by atoms with Gasteiger partial charge < -0.3 is 11.1 Å². The highest BCUT2D eigenvalue weighted by Gasteiger charge is 2.16. The van der Waals surface area contributed by atoms with Gasteiger partial charge in [0.05, 0.1) is 0 Å². The number of hydrogen-bond acceptors (Lipinski definition) is 2. The van der Waals surface area contributed by atoms with Gasteiger partial charge in [0.1, 0.15) is 6.04 Å². The molecule has 3 N–H and O–H groups in total. The maximum Gasteiger partial charge on any atom is 0.241 e. The first-order valence-corrected chi connectivity index (χ1v) is 6.10. The van der Waals surface area contributed by atoms with Gasteiger partial charge in [-0.15, -0.1) is 0 Å². The van der Waals surface area contributed by atoms with Crippen molar-refractivity contribution in [3.63, 3.8) is 0 Å². The number of carbonyl (C=O) groups is 1. The van der Waals surface area contributed by atoms with Crippen LogP contribution in [0.15, 0.2) is 30.3 Å². The lowest BCUT2D eigenvalue weighted by molar-refractivity contribution is -0.122. The molecule has 0 fully saturated rings. The number of benzene rings is 1. The number of nitrogens with two attached hydrogens (primary N) is 1. The zero-order valence-corrected chi connectivity index (χ0v) is 10.8. The van der Waals surface area contributed by atoms with Crippen molar-refractivity contribution in [1.29, 1.82) is 0 Å². The molecule has 2 atom stereocenters. The number of rotatable bonds is 5. The Bertz CT molecular complexity index is 348. The van der Waals surface area contributed by atoms with Gasteiger partial charge >= 0.3 is 0 Å². The Morgan fingerprint density at radius 2 is 1.82 bits per heavy atom. The molecule has 1 aromatic rings. The fourth-order valence-electron chi connectivity index (χ4n) is 1.42. The minimum atomic E-state index is -0.574. The SMILES string of the molecule is CC(C)C(C)CNC(=O)[C@@H](N)c1ccccc1. The lowest BCUT2D eigenvalue weighted by Crippen LogP contribution is -2.37. The zero-order valence-electron chi connectivity index (χ0n) is 10.8. The summed E-state index contributed by atoms with van der Waals surface area (Å²) in [7, 11) is 0. The average Bonchev–Trinajstić information content (AvgIpc) is 2.35. The van der Waals surface area contributed by atoms with E-state index < -0.39 is 6.04 Å². The quantitative estimate of drug-likeness (QED) is 0.819. The van der Waals surface area contributed by atoms with Crippen LogP contribution in [0.2, 0.25) is 0 Å². The summed E-state index contributed by atoms with van der Waals surface area (Å²) in [5.41, 5.74) is 6.74. The van der Waals surface area contributed by atoms with E-state index in [1.165, 1.54) is 0 Å². The van der Waals surface area contributed by atoms with Crippen molar-refractivity contribution in [2.75, 3.05) is 6.54 Å². The second-order valence-corrected chi connectivity index (χ2v) is 4.85. The smallest absolute Gasteiger partial charge is 0.241 e. The first-order chi connectivity index (χ1) is 8.02. The predicted molar refractivity (Wildman–Crippen MR) is 70.4 cm³/mol. The molecule has 1 amide bonds. The van der Waals surface area contributed by atoms with Crippen molar-refractivity contribution in [2.24, 2.45) is 17.6 Å². The summed E-state index contributed by atoms with van der Waals surface area (Å²) in [5, 5.41) is 2.90. The summed E-state index contributed by atoms with van der Waals surface area (Å²) >= 11 is 0. The van der Waals surface area contributed by atoms with Gasteiger partial charge in [-0.25, -0.2) is 0 Å². The summed E-state index contributed by atoms with van der Waals surface area (Å²) in [6.45, 7) is 7.10. The molecule has 94 valence electrons. The topological polar surface area (TPSA) is 55.1 Å². The molecule has 0 aliphatic carbocycles. The highest BCUT2D eigenvalue weighted by Crippen LogP contribution is 2.11. The fraction of sp³-hybridized carbons (Fsp3) is 0.500. The molecule has 0 saturated carbocycles. The molecule has 0 spiro atoms. The molecule has 3 heteroatoms. The molecule has 1 rings (SSSR count). The van der Waals surface area contributed by atoms with Gasteiger partial charge in [0.25, 0.3) is 0 Å². The number of carbonyl (C=O) groups excluding carboxylic acids is 1. The second kappa shape index (κ2) is 6.40. The molecule has 0 bridgehead atoms. The van der Waals surface area contributed by atoms with Gasteiger partial charge in [-0.2, -0.15) is 0 Å². The van der Waals surface area contributed by atoms with Crippen molar-refractivity contribution in [3.8, 4) is 0 Å². The van der Waals surface area contributed by atoms with E-state index in [9.17, 15) is 4.79 Å². The standard InChI is InChI=1S/C14H22N2O/c1-10(2)11(3)9-16-14(17)13(15)12-7-5-4-6-8-12/h4-8,10-11,13H,9,15H2,1-3H3,(H,16,17)/t11?,13-/m0/s1. The van der Waals surface area contributed by atoms with Crippen LogP contribution in [0.3, 0.4) is 0 Å². The van der Waals surface area contributed by atoms with E-state index in [-0.39, 0.29) is 5.91 Å². The largest absolute Gasteiger partial charge is 0.354 e. The first-order valence-electron chi connectivity index (χ1n) is 6.10. The van der Waals surface area contributed by atoms with E-state index in [0.717, 1.165) is 5.56 Å². The summed E-state index contributed by atoms with van der Waals surface area (Å²) < 4.78 is 0. The number of hydrogen-bond donors (Lipinski definition) is 2. The minimum Gasteiger partial charge on any atom is -0.354 e. The normalized spacial score (nSPS) is 14.4. The van der Waals surface area contributed by atoms with Gasteiger partial charge in [-0.05, 0) is 17.4 Å². The Hall–Kier alpha value is -1.35. The van der Waals surface area contributed by atoms with Crippen LogP contribution in [0.4, 0.5) is 0 Å². The van der Waals surface area contributed by atoms with Crippen molar-refractivity contribution in [2.45, 2.75) is 26.8 Å². The molecule has 0 heterocycles. The van der Waals surface area contributed by atoms with Crippen molar-refractivity contribution in [3.05, 3.63) is 35.9 Å². The van der Waals surface area contributed by atoms with Crippen LogP contribution in [-0.4, -0.2) is 12.5 Å². The summed E-state index contributed by atoms with van der Waals surface area (Å²) in [4.78, 5) is 11.8. The van der Waals surface area contributed by atoms with Gasteiger partial charge in [0.2, 0.25) is 5.91 Å². The second-order valence-electron chi connectivity index (χ2n) is 4.85. The lowest BCUT2D eigenvalue weighted by Gasteiger charge is -2.18. The van der Waals surface area contributed by atoms with Crippen LogP contribution in [0, 0.1) is 11.8 Å². The van der Waals surface area contributed by atoms with Crippen molar-refractivity contribution >= 4 is 5.91 Å². The molecule has 17 heavy (non-hydrogen) atoms. The zero-order chi connectivity index (χ0) is 12.8. The summed E-state index contributed by atoms with van der Waals surface area (Å²) in [5.74, 6) is 0.911. The van der Waals surface area contributed by atoms with E-state index in [0.29, 0.717) is 18.4 Å². The molecule has 0 saturated heterocycles. The third kappa shape index (κ3) is 4.19. The monoisotopic (exact) mass is 234 g/mol. The first kappa shape index (κ1) is 13.7. The maximum absolute atomic E-state index is 11.8. The molecule has 0 aliphatic rings. The highest BCUT2D eigenvalue weighted by molar-refractivity contribution is 5.82. The van der Waals surface area contributed by atoms with Crippen LogP contribution < -0.4 is 11.1 Å². The molecule has 1 aromatic carbocycles. The Kier molecular flexibility index (Phi) is 5.16. The summed E-state index contributed by atoms with van der Waals surface area (Å²) in [6.07, 6.45) is 0.